The second-order valence-electron chi connectivity index (χ2n) is 16.7. The molecule has 1 aliphatic rings. The molecule has 5 nitrogen and oxygen atoms in total. The van der Waals surface area contributed by atoms with Gasteiger partial charge in [0.15, 0.2) is 0 Å². The Labute approximate surface area is 375 Å². The fourth-order valence-corrected chi connectivity index (χ4v) is 10.2. The smallest absolute Gasteiger partial charge is 0.145 e. The van der Waals surface area contributed by atoms with Crippen LogP contribution in [0.3, 0.4) is 0 Å². The van der Waals surface area contributed by atoms with E-state index in [4.69, 9.17) is 4.42 Å². The first-order valence-corrected chi connectivity index (χ1v) is 22.1. The van der Waals surface area contributed by atoms with Crippen LogP contribution in [0.2, 0.25) is 0 Å². The summed E-state index contributed by atoms with van der Waals surface area (Å²) < 4.78 is 13.7. The van der Waals surface area contributed by atoms with Crippen molar-refractivity contribution in [3.8, 4) is 5.69 Å². The summed E-state index contributed by atoms with van der Waals surface area (Å²) in [4.78, 5) is 0. The summed E-state index contributed by atoms with van der Waals surface area (Å²) in [6, 6.07) is 53.3. The third kappa shape index (κ3) is 6.08. The number of hydrogen-bond donors (Lipinski definition) is 1. The molecule has 0 amide bonds. The number of aromatic nitrogens is 3. The fourth-order valence-electron chi connectivity index (χ4n) is 10.2. The zero-order chi connectivity index (χ0) is 43.6. The van der Waals surface area contributed by atoms with E-state index >= 15 is 0 Å². The van der Waals surface area contributed by atoms with Crippen LogP contribution >= 0.6 is 0 Å². The molecule has 1 N–H and O–H groups in total. The van der Waals surface area contributed by atoms with Gasteiger partial charge in [-0.2, -0.15) is 0 Å². The zero-order valence-electron chi connectivity index (χ0n) is 35.7. The highest BCUT2D eigenvalue weighted by Gasteiger charge is 2.20. The molecule has 0 aliphatic heterocycles. The van der Waals surface area contributed by atoms with Crippen molar-refractivity contribution in [3.63, 3.8) is 0 Å². The molecular weight excluding hydrogens is 795 g/mol. The molecule has 0 radical (unpaired) electrons. The summed E-state index contributed by atoms with van der Waals surface area (Å²) in [5.74, 6) is 0. The van der Waals surface area contributed by atoms with Gasteiger partial charge in [0, 0.05) is 61.2 Å². The van der Waals surface area contributed by atoms with Gasteiger partial charge in [0.1, 0.15) is 11.2 Å². The highest BCUT2D eigenvalue weighted by Crippen LogP contribution is 2.42. The van der Waals surface area contributed by atoms with Gasteiger partial charge in [-0.05, 0) is 126 Å². The number of nitrogens with zero attached hydrogens (tertiary/aromatic N) is 3. The normalized spacial score (nSPS) is 13.6. The fraction of sp³-hybridized carbons (Fsp3) is 0.0333. The Morgan fingerprint density at radius 2 is 1.37 bits per heavy atom. The number of furan rings is 1. The van der Waals surface area contributed by atoms with E-state index < -0.39 is 0 Å². The number of aliphatic hydroxyl groups excluding tert-OH is 1. The van der Waals surface area contributed by atoms with Crippen molar-refractivity contribution in [2.75, 3.05) is 0 Å². The maximum atomic E-state index is 10.2. The number of aliphatic hydroxyl groups is 1. The number of rotatable bonds is 9. The Bertz CT molecular complexity index is 3890. The first-order valence-electron chi connectivity index (χ1n) is 22.1. The van der Waals surface area contributed by atoms with Gasteiger partial charge in [-0.15, -0.1) is 0 Å². The van der Waals surface area contributed by atoms with Gasteiger partial charge < -0.3 is 23.2 Å². The van der Waals surface area contributed by atoms with Crippen LogP contribution in [0, 0.1) is 0 Å². The molecule has 0 atom stereocenters. The molecule has 310 valence electrons. The third-order valence-electron chi connectivity index (χ3n) is 13.1. The molecule has 0 unspecified atom stereocenters. The molecule has 1 aliphatic carbocycles. The zero-order valence-corrected chi connectivity index (χ0v) is 35.7. The lowest BCUT2D eigenvalue weighted by Gasteiger charge is -2.11. The summed E-state index contributed by atoms with van der Waals surface area (Å²) in [6.45, 7) is 8.81. The van der Waals surface area contributed by atoms with Gasteiger partial charge in [-0.1, -0.05) is 116 Å². The summed E-state index contributed by atoms with van der Waals surface area (Å²) >= 11 is 0. The molecule has 65 heavy (non-hydrogen) atoms. The van der Waals surface area contributed by atoms with Crippen molar-refractivity contribution in [3.05, 3.63) is 230 Å². The Kier molecular flexibility index (Phi) is 9.02. The summed E-state index contributed by atoms with van der Waals surface area (Å²) in [5, 5.41) is 18.1. The van der Waals surface area contributed by atoms with Crippen LogP contribution in [0.1, 0.15) is 28.8 Å². The predicted molar refractivity (Wildman–Crippen MR) is 275 cm³/mol. The van der Waals surface area contributed by atoms with Gasteiger partial charge in [0.25, 0.3) is 0 Å². The summed E-state index contributed by atoms with van der Waals surface area (Å²) in [6.07, 6.45) is 19.8. The van der Waals surface area contributed by atoms with Crippen molar-refractivity contribution >= 4 is 106 Å². The van der Waals surface area contributed by atoms with Crippen LogP contribution in [0.4, 0.5) is 0 Å². The van der Waals surface area contributed by atoms with Crippen LogP contribution in [0.25, 0.3) is 111 Å². The number of para-hydroxylation sites is 4. The Morgan fingerprint density at radius 1 is 0.646 bits per heavy atom. The predicted octanol–water partition coefficient (Wildman–Crippen LogP) is 16.1. The number of allylic oxidation sites excluding steroid dienone is 9. The Morgan fingerprint density at radius 3 is 2.14 bits per heavy atom. The van der Waals surface area contributed by atoms with Crippen molar-refractivity contribution < 1.29 is 9.52 Å². The van der Waals surface area contributed by atoms with E-state index in [1.165, 1.54) is 32.9 Å². The molecule has 11 aromatic rings. The lowest BCUT2D eigenvalue weighted by molar-refractivity contribution is 0.474. The maximum absolute atomic E-state index is 10.2. The Balaban J connectivity index is 0.929. The van der Waals surface area contributed by atoms with Crippen LogP contribution in [-0.2, 0) is 6.42 Å². The van der Waals surface area contributed by atoms with Crippen LogP contribution in [0.15, 0.2) is 212 Å². The summed E-state index contributed by atoms with van der Waals surface area (Å²) in [7, 11) is 0. The second kappa shape index (κ2) is 15.4. The first kappa shape index (κ1) is 38.2. The van der Waals surface area contributed by atoms with Gasteiger partial charge in [-0.25, -0.2) is 0 Å². The Hall–Kier alpha value is -8.54. The van der Waals surface area contributed by atoms with E-state index in [1.54, 1.807) is 6.08 Å². The lowest BCUT2D eigenvalue weighted by Crippen LogP contribution is -1.99. The maximum Gasteiger partial charge on any atom is 0.145 e. The van der Waals surface area contributed by atoms with Gasteiger partial charge in [-0.3, -0.25) is 0 Å². The van der Waals surface area contributed by atoms with E-state index in [0.717, 1.165) is 108 Å². The monoisotopic (exact) mass is 837 g/mol. The minimum absolute atomic E-state index is 0.789. The second-order valence-corrected chi connectivity index (χ2v) is 16.7. The molecule has 0 saturated heterocycles. The lowest BCUT2D eigenvalue weighted by atomic mass is 9.98. The SMILES string of the molecule is C=C/C(=C\C=C/n1c2c(c3ccccc31)C=CCC2)n1c2ccccc2c2c3oc4ccc(C(/C=C\O)=C/C(=C)c5cccc(-n6c7ccccc7c7ccccc76)c5)cc4c3ccc21. The minimum atomic E-state index is 0.789. The molecule has 7 aromatic carbocycles. The van der Waals surface area contributed by atoms with E-state index in [0.29, 0.717) is 0 Å². The molecular formula is C60H43N3O2. The van der Waals surface area contributed by atoms with E-state index in [-0.39, 0.29) is 0 Å². The summed E-state index contributed by atoms with van der Waals surface area (Å²) in [5.41, 5.74) is 15.5. The highest BCUT2D eigenvalue weighted by atomic mass is 16.3. The molecule has 0 fully saturated rings. The van der Waals surface area contributed by atoms with Gasteiger partial charge in [0.2, 0.25) is 0 Å². The number of benzene rings is 7. The van der Waals surface area contributed by atoms with E-state index in [2.05, 4.69) is 197 Å². The van der Waals surface area contributed by atoms with Crippen LogP contribution in [-0.4, -0.2) is 18.8 Å². The average Bonchev–Trinajstić information content (AvgIpc) is 4.09. The first-order chi connectivity index (χ1) is 32.1. The van der Waals surface area contributed by atoms with E-state index in [1.807, 2.05) is 24.3 Å². The molecule has 0 bridgehead atoms. The van der Waals surface area contributed by atoms with E-state index in [9.17, 15) is 5.11 Å². The molecule has 0 saturated carbocycles. The molecule has 4 heterocycles. The topological polar surface area (TPSA) is 48.2 Å². The molecule has 5 heteroatoms. The number of hydrogen-bond acceptors (Lipinski definition) is 2. The molecule has 4 aromatic heterocycles. The standard InChI is InChI=1S/C60H43N3O2/c1-3-43(18-15-34-61-52-24-9-4-19-45(52)46-20-5-10-25-53(46)61)62-56-28-13-8-23-50(56)59-57(62)31-30-49-51-38-41(29-32-58(51)65-60(49)59)42(33-35-64)36-39(2)40-16-14-17-44(37-40)63-54-26-11-6-21-47(54)48-22-7-12-27-55(48)63/h3-9,11-24,26-38,64H,1-2,10,25H2/b34-15-,35-33-,42-36+,43-18+. The van der Waals surface area contributed by atoms with Crippen LogP contribution in [0.5, 0.6) is 0 Å². The highest BCUT2D eigenvalue weighted by molar-refractivity contribution is 6.24. The van der Waals surface area contributed by atoms with Crippen LogP contribution < -0.4 is 0 Å². The quantitative estimate of drug-likeness (QED) is 0.116. The van der Waals surface area contributed by atoms with Crippen molar-refractivity contribution in [1.82, 2.24) is 13.7 Å². The third-order valence-corrected chi connectivity index (χ3v) is 13.1. The van der Waals surface area contributed by atoms with Gasteiger partial charge in [0.05, 0.1) is 39.2 Å². The van der Waals surface area contributed by atoms with Crippen molar-refractivity contribution in [2.45, 2.75) is 12.8 Å². The number of fused-ring (bicyclic) bond motifs is 13. The van der Waals surface area contributed by atoms with Crippen molar-refractivity contribution in [2.24, 2.45) is 0 Å². The molecule has 0 spiro atoms. The largest absolute Gasteiger partial charge is 0.516 e. The average molecular weight is 838 g/mol. The minimum Gasteiger partial charge on any atom is -0.516 e. The molecule has 12 rings (SSSR count). The van der Waals surface area contributed by atoms with Crippen molar-refractivity contribution in [1.29, 1.82) is 0 Å². The van der Waals surface area contributed by atoms with Gasteiger partial charge >= 0.3 is 0 Å².